The van der Waals surface area contributed by atoms with Crippen LogP contribution in [0.5, 0.6) is 0 Å². The highest BCUT2D eigenvalue weighted by Crippen LogP contribution is 2.43. The molecule has 1 unspecified atom stereocenters. The zero-order chi connectivity index (χ0) is 37.0. The van der Waals surface area contributed by atoms with Crippen LogP contribution < -0.4 is 5.32 Å². The van der Waals surface area contributed by atoms with Gasteiger partial charge in [0.25, 0.3) is 0 Å². The second-order valence-corrected chi connectivity index (χ2v) is 15.3. The smallest absolute Gasteiger partial charge is 0.159 e. The van der Waals surface area contributed by atoms with E-state index in [0.717, 1.165) is 39.3 Å². The third kappa shape index (κ3) is 5.44. The Kier molecular flexibility index (Phi) is 7.71. The van der Waals surface area contributed by atoms with Crippen LogP contribution >= 0.6 is 11.3 Å². The van der Waals surface area contributed by atoms with Crippen LogP contribution in [-0.4, -0.2) is 16.2 Å². The summed E-state index contributed by atoms with van der Waals surface area (Å²) in [5, 5.41) is 8.76. The minimum Gasteiger partial charge on any atom is -0.344 e. The first-order valence-corrected chi connectivity index (χ1v) is 19.8. The van der Waals surface area contributed by atoms with Crippen LogP contribution in [0, 0.1) is 0 Å². The van der Waals surface area contributed by atoms with Crippen LogP contribution in [0.15, 0.2) is 204 Å². The molecule has 5 heteroatoms. The SMILES string of the molecule is c1ccc(C2=NC(c3ccc(-n4c5ccccc5c5cccc(-c6ccc7c(c6)sc6ccccc67)c54)c(-c4ccccc4)c3)NC(c3ccccc3)=N2)cc1. The van der Waals surface area contributed by atoms with Gasteiger partial charge in [0, 0.05) is 53.2 Å². The number of fused-ring (bicyclic) bond motifs is 6. The fraction of sp³-hybridized carbons (Fsp3) is 0.0196. The molecule has 1 N–H and O–H groups in total. The molecular weight excluding hydrogens is 701 g/mol. The Morgan fingerprint density at radius 2 is 1.12 bits per heavy atom. The number of aromatic nitrogens is 1. The van der Waals surface area contributed by atoms with E-state index < -0.39 is 0 Å². The number of rotatable bonds is 6. The minimum absolute atomic E-state index is 0.351. The molecule has 0 spiro atoms. The second-order valence-electron chi connectivity index (χ2n) is 14.2. The number of nitrogens with one attached hydrogen (secondary N) is 1. The van der Waals surface area contributed by atoms with E-state index in [9.17, 15) is 0 Å². The molecule has 0 radical (unpaired) electrons. The van der Waals surface area contributed by atoms with Gasteiger partial charge in [-0.05, 0) is 47.0 Å². The van der Waals surface area contributed by atoms with E-state index in [4.69, 9.17) is 9.98 Å². The molecule has 0 saturated heterocycles. The van der Waals surface area contributed by atoms with Crippen LogP contribution in [0.3, 0.4) is 0 Å². The van der Waals surface area contributed by atoms with E-state index in [1.54, 1.807) is 0 Å². The van der Waals surface area contributed by atoms with Gasteiger partial charge < -0.3 is 9.88 Å². The Labute approximate surface area is 328 Å². The quantitative estimate of drug-likeness (QED) is 0.182. The van der Waals surface area contributed by atoms with Crippen molar-refractivity contribution in [3.63, 3.8) is 0 Å². The predicted octanol–water partition coefficient (Wildman–Crippen LogP) is 13.0. The molecule has 10 aromatic rings. The van der Waals surface area contributed by atoms with Gasteiger partial charge in [-0.1, -0.05) is 164 Å². The van der Waals surface area contributed by atoms with E-state index in [1.165, 1.54) is 53.1 Å². The van der Waals surface area contributed by atoms with Gasteiger partial charge in [-0.2, -0.15) is 0 Å². The van der Waals surface area contributed by atoms with Crippen molar-refractivity contribution in [1.82, 2.24) is 9.88 Å². The summed E-state index contributed by atoms with van der Waals surface area (Å²) in [6, 6.07) is 69.3. The number of hydrogen-bond donors (Lipinski definition) is 1. The second kappa shape index (κ2) is 13.3. The summed E-state index contributed by atoms with van der Waals surface area (Å²) in [5.41, 5.74) is 11.2. The molecule has 1 atom stereocenters. The summed E-state index contributed by atoms with van der Waals surface area (Å²) in [7, 11) is 0. The summed E-state index contributed by atoms with van der Waals surface area (Å²) in [6.07, 6.45) is -0.351. The Balaban J connectivity index is 1.13. The Hall–Kier alpha value is -7.08. The lowest BCUT2D eigenvalue weighted by atomic mass is 9.98. The molecule has 11 rings (SSSR count). The number of hydrogen-bond acceptors (Lipinski definition) is 4. The number of amidine groups is 2. The van der Waals surface area contributed by atoms with Crippen LogP contribution in [0.4, 0.5) is 0 Å². The van der Waals surface area contributed by atoms with Gasteiger partial charge in [-0.25, -0.2) is 9.98 Å². The highest BCUT2D eigenvalue weighted by Gasteiger charge is 2.24. The zero-order valence-electron chi connectivity index (χ0n) is 30.3. The summed E-state index contributed by atoms with van der Waals surface area (Å²) in [5.74, 6) is 1.51. The average molecular weight is 735 g/mol. The van der Waals surface area contributed by atoms with Crippen molar-refractivity contribution < 1.29 is 0 Å². The third-order valence-corrected chi connectivity index (χ3v) is 12.0. The molecule has 1 aliphatic rings. The number of benzene rings is 8. The van der Waals surface area contributed by atoms with Gasteiger partial charge in [0.15, 0.2) is 5.84 Å². The predicted molar refractivity (Wildman–Crippen MR) is 236 cm³/mol. The van der Waals surface area contributed by atoms with Crippen LogP contribution in [0.25, 0.3) is 69.9 Å². The summed E-state index contributed by atoms with van der Waals surface area (Å²) in [4.78, 5) is 10.3. The molecule has 0 aliphatic carbocycles. The number of nitrogens with zero attached hydrogens (tertiary/aromatic N) is 3. The monoisotopic (exact) mass is 734 g/mol. The Morgan fingerprint density at radius 3 is 1.93 bits per heavy atom. The first-order chi connectivity index (χ1) is 27.8. The molecule has 1 aliphatic heterocycles. The molecular formula is C51H34N4S. The molecule has 264 valence electrons. The highest BCUT2D eigenvalue weighted by molar-refractivity contribution is 7.25. The van der Waals surface area contributed by atoms with Gasteiger partial charge in [-0.3, -0.25) is 0 Å². The van der Waals surface area contributed by atoms with Gasteiger partial charge in [0.1, 0.15) is 12.0 Å². The van der Waals surface area contributed by atoms with Crippen molar-refractivity contribution in [1.29, 1.82) is 0 Å². The molecule has 3 heterocycles. The van der Waals surface area contributed by atoms with Gasteiger partial charge in [0.05, 0.1) is 16.7 Å². The normalized spacial score (nSPS) is 14.2. The summed E-state index contributed by atoms with van der Waals surface area (Å²) < 4.78 is 5.09. The first-order valence-electron chi connectivity index (χ1n) is 18.9. The summed E-state index contributed by atoms with van der Waals surface area (Å²) >= 11 is 1.86. The van der Waals surface area contributed by atoms with E-state index in [-0.39, 0.29) is 6.17 Å². The van der Waals surface area contributed by atoms with Crippen molar-refractivity contribution in [2.45, 2.75) is 6.17 Å². The van der Waals surface area contributed by atoms with Crippen molar-refractivity contribution >= 4 is 65.0 Å². The van der Waals surface area contributed by atoms with E-state index in [1.807, 2.05) is 47.7 Å². The molecule has 0 fully saturated rings. The lowest BCUT2D eigenvalue weighted by molar-refractivity contribution is 0.674. The van der Waals surface area contributed by atoms with Gasteiger partial charge in [-0.15, -0.1) is 11.3 Å². The van der Waals surface area contributed by atoms with Crippen molar-refractivity contribution in [3.8, 4) is 27.9 Å². The molecule has 8 aromatic carbocycles. The fourth-order valence-electron chi connectivity index (χ4n) is 8.24. The summed E-state index contributed by atoms with van der Waals surface area (Å²) in [6.45, 7) is 0. The maximum atomic E-state index is 5.23. The average Bonchev–Trinajstić information content (AvgIpc) is 3.82. The maximum Gasteiger partial charge on any atom is 0.159 e. The molecule has 0 bridgehead atoms. The number of para-hydroxylation sites is 2. The van der Waals surface area contributed by atoms with Crippen molar-refractivity contribution in [2.24, 2.45) is 9.98 Å². The van der Waals surface area contributed by atoms with E-state index >= 15 is 0 Å². The first kappa shape index (κ1) is 32.4. The van der Waals surface area contributed by atoms with Crippen molar-refractivity contribution in [3.05, 3.63) is 211 Å². The lowest BCUT2D eigenvalue weighted by Crippen LogP contribution is -2.33. The Morgan fingerprint density at radius 1 is 0.464 bits per heavy atom. The molecule has 56 heavy (non-hydrogen) atoms. The molecule has 0 saturated carbocycles. The lowest BCUT2D eigenvalue weighted by Gasteiger charge is -2.25. The largest absolute Gasteiger partial charge is 0.344 e. The fourth-order valence-corrected chi connectivity index (χ4v) is 9.39. The van der Waals surface area contributed by atoms with Crippen molar-refractivity contribution in [2.75, 3.05) is 0 Å². The van der Waals surface area contributed by atoms with Gasteiger partial charge >= 0.3 is 0 Å². The topological polar surface area (TPSA) is 41.7 Å². The zero-order valence-corrected chi connectivity index (χ0v) is 31.1. The Bertz CT molecular complexity index is 3160. The van der Waals surface area contributed by atoms with Crippen LogP contribution in [0.2, 0.25) is 0 Å². The maximum absolute atomic E-state index is 5.23. The molecule has 2 aromatic heterocycles. The van der Waals surface area contributed by atoms with Crippen LogP contribution in [-0.2, 0) is 0 Å². The number of thiophene rings is 1. The molecule has 0 amide bonds. The van der Waals surface area contributed by atoms with E-state index in [2.05, 4.69) is 168 Å². The molecule has 4 nitrogen and oxygen atoms in total. The standard InChI is InChI=1S/C51H34N4S/c1-4-15-33(16-5-1)43-31-37(51-53-49(34-17-6-2-7-18-34)52-50(54-51)35-19-8-3-9-20-35)28-30-45(43)55-44-25-12-10-21-39(44)42-24-14-23-38(48(42)55)36-27-29-41-40-22-11-13-26-46(40)56-47(41)32-36/h1-32,51H,(H,52,53,54). The third-order valence-electron chi connectivity index (χ3n) is 10.9. The van der Waals surface area contributed by atoms with E-state index in [0.29, 0.717) is 5.84 Å². The van der Waals surface area contributed by atoms with Gasteiger partial charge in [0.2, 0.25) is 0 Å². The highest BCUT2D eigenvalue weighted by atomic mass is 32.1. The van der Waals surface area contributed by atoms with Crippen LogP contribution in [0.1, 0.15) is 22.9 Å². The minimum atomic E-state index is -0.351. The number of aliphatic imine (C=N–C) groups is 2.